The lowest BCUT2D eigenvalue weighted by atomic mass is 9.95. The SMILES string of the molecule is CCOC(=O)C1=C(C)N=c2s/c(=C\c3c[nH]c4ccccc34)c(=O)n2[C@H]1c1ccc(OC)cc1OC. The third kappa shape index (κ3) is 3.91. The van der Waals surface area contributed by atoms with E-state index < -0.39 is 12.0 Å². The number of allylic oxidation sites excluding steroid dienone is 1. The van der Waals surface area contributed by atoms with Gasteiger partial charge in [-0.1, -0.05) is 29.5 Å². The highest BCUT2D eigenvalue weighted by atomic mass is 32.1. The number of fused-ring (bicyclic) bond motifs is 2. The van der Waals surface area contributed by atoms with Crippen molar-refractivity contribution in [1.29, 1.82) is 0 Å². The molecule has 36 heavy (non-hydrogen) atoms. The van der Waals surface area contributed by atoms with Crippen LogP contribution < -0.4 is 24.4 Å². The van der Waals surface area contributed by atoms with Crippen molar-refractivity contribution < 1.29 is 19.0 Å². The molecule has 4 aromatic rings. The van der Waals surface area contributed by atoms with Crippen molar-refractivity contribution in [3.63, 3.8) is 0 Å². The lowest BCUT2D eigenvalue weighted by Crippen LogP contribution is -2.40. The van der Waals surface area contributed by atoms with Crippen LogP contribution >= 0.6 is 11.3 Å². The molecular formula is C27H25N3O5S. The Hall–Kier alpha value is -4.11. The molecular weight excluding hydrogens is 478 g/mol. The van der Waals surface area contributed by atoms with Crippen molar-refractivity contribution in [3.05, 3.63) is 90.7 Å². The quantitative estimate of drug-likeness (QED) is 0.408. The fraction of sp³-hybridized carbons (Fsp3) is 0.222. The third-order valence-corrected chi connectivity index (χ3v) is 7.14. The predicted molar refractivity (Wildman–Crippen MR) is 138 cm³/mol. The highest BCUT2D eigenvalue weighted by Crippen LogP contribution is 2.37. The number of aromatic amines is 1. The monoisotopic (exact) mass is 503 g/mol. The molecule has 0 unspecified atom stereocenters. The average molecular weight is 504 g/mol. The number of methoxy groups -OCH3 is 2. The second kappa shape index (κ2) is 9.50. The summed E-state index contributed by atoms with van der Waals surface area (Å²) in [6, 6.07) is 12.4. The second-order valence-corrected chi connectivity index (χ2v) is 9.21. The van der Waals surface area contributed by atoms with E-state index in [2.05, 4.69) is 9.98 Å². The molecule has 1 aliphatic rings. The molecule has 0 saturated carbocycles. The van der Waals surface area contributed by atoms with Gasteiger partial charge in [0.05, 0.1) is 36.6 Å². The van der Waals surface area contributed by atoms with Crippen LogP contribution in [0.2, 0.25) is 0 Å². The molecule has 1 aliphatic heterocycles. The Morgan fingerprint density at radius 2 is 2.00 bits per heavy atom. The molecule has 0 aliphatic carbocycles. The number of para-hydroxylation sites is 1. The van der Waals surface area contributed by atoms with E-state index in [1.54, 1.807) is 50.8 Å². The van der Waals surface area contributed by atoms with Crippen LogP contribution in [0, 0.1) is 0 Å². The minimum absolute atomic E-state index is 0.201. The maximum absolute atomic E-state index is 13.8. The van der Waals surface area contributed by atoms with Gasteiger partial charge in [-0.2, -0.15) is 0 Å². The van der Waals surface area contributed by atoms with Gasteiger partial charge >= 0.3 is 5.97 Å². The molecule has 3 heterocycles. The Labute approximate surface area is 210 Å². The summed E-state index contributed by atoms with van der Waals surface area (Å²) in [4.78, 5) is 35.3. The van der Waals surface area contributed by atoms with Crippen LogP contribution in [0.15, 0.2) is 69.7 Å². The molecule has 9 heteroatoms. The number of carbonyl (C=O) groups excluding carboxylic acids is 1. The largest absolute Gasteiger partial charge is 0.497 e. The second-order valence-electron chi connectivity index (χ2n) is 8.20. The summed E-state index contributed by atoms with van der Waals surface area (Å²) in [5.41, 5.74) is 3.06. The molecule has 0 fully saturated rings. The average Bonchev–Trinajstić information content (AvgIpc) is 3.43. The van der Waals surface area contributed by atoms with Gasteiger partial charge < -0.3 is 19.2 Å². The highest BCUT2D eigenvalue weighted by molar-refractivity contribution is 7.07. The van der Waals surface area contributed by atoms with Crippen LogP contribution in [0.1, 0.15) is 31.0 Å². The van der Waals surface area contributed by atoms with Gasteiger partial charge in [0.2, 0.25) is 0 Å². The van der Waals surface area contributed by atoms with Gasteiger partial charge in [0.25, 0.3) is 5.56 Å². The van der Waals surface area contributed by atoms with Crippen molar-refractivity contribution >= 4 is 34.3 Å². The molecule has 2 aromatic heterocycles. The lowest BCUT2D eigenvalue weighted by Gasteiger charge is -2.26. The number of ether oxygens (including phenoxy) is 3. The predicted octanol–water partition coefficient (Wildman–Crippen LogP) is 3.30. The van der Waals surface area contributed by atoms with E-state index in [4.69, 9.17) is 14.2 Å². The van der Waals surface area contributed by atoms with Crippen LogP contribution in [0.25, 0.3) is 17.0 Å². The van der Waals surface area contributed by atoms with Crippen LogP contribution in [-0.2, 0) is 9.53 Å². The molecule has 0 spiro atoms. The number of carbonyl (C=O) groups is 1. The number of rotatable bonds is 6. The number of esters is 1. The van der Waals surface area contributed by atoms with Crippen molar-refractivity contribution in [2.45, 2.75) is 19.9 Å². The summed E-state index contributed by atoms with van der Waals surface area (Å²) in [6.07, 6.45) is 3.73. The van der Waals surface area contributed by atoms with Crippen LogP contribution in [0.5, 0.6) is 11.5 Å². The molecule has 5 rings (SSSR count). The zero-order valence-corrected chi connectivity index (χ0v) is 21.1. The van der Waals surface area contributed by atoms with Gasteiger partial charge in [-0.3, -0.25) is 9.36 Å². The Morgan fingerprint density at radius 1 is 1.19 bits per heavy atom. The molecule has 0 radical (unpaired) electrons. The molecule has 0 bridgehead atoms. The molecule has 1 N–H and O–H groups in total. The van der Waals surface area contributed by atoms with Gasteiger partial charge in [-0.15, -0.1) is 0 Å². The van der Waals surface area contributed by atoms with Crippen LogP contribution in [-0.4, -0.2) is 36.3 Å². The van der Waals surface area contributed by atoms with Gasteiger partial charge in [0.15, 0.2) is 4.80 Å². The van der Waals surface area contributed by atoms with Gasteiger partial charge in [-0.25, -0.2) is 9.79 Å². The Balaban J connectivity index is 1.77. The summed E-state index contributed by atoms with van der Waals surface area (Å²) in [5, 5.41) is 1.01. The van der Waals surface area contributed by atoms with Crippen molar-refractivity contribution in [3.8, 4) is 11.5 Å². The Morgan fingerprint density at radius 3 is 2.75 bits per heavy atom. The topological polar surface area (TPSA) is 94.9 Å². The summed E-state index contributed by atoms with van der Waals surface area (Å²) in [5.74, 6) is 0.565. The van der Waals surface area contributed by atoms with E-state index in [1.807, 2.05) is 36.5 Å². The van der Waals surface area contributed by atoms with Gasteiger partial charge in [0.1, 0.15) is 17.5 Å². The number of H-pyrrole nitrogens is 1. The fourth-order valence-corrected chi connectivity index (χ4v) is 5.52. The molecule has 0 saturated heterocycles. The van der Waals surface area contributed by atoms with E-state index in [0.29, 0.717) is 37.7 Å². The maximum atomic E-state index is 13.8. The molecule has 184 valence electrons. The summed E-state index contributed by atoms with van der Waals surface area (Å²) in [6.45, 7) is 3.70. The minimum Gasteiger partial charge on any atom is -0.497 e. The summed E-state index contributed by atoms with van der Waals surface area (Å²) in [7, 11) is 3.11. The number of benzene rings is 2. The van der Waals surface area contributed by atoms with E-state index in [-0.39, 0.29) is 12.2 Å². The Bertz CT molecular complexity index is 1690. The van der Waals surface area contributed by atoms with Gasteiger partial charge in [-0.05, 0) is 38.1 Å². The number of nitrogens with one attached hydrogen (secondary N) is 1. The third-order valence-electron chi connectivity index (χ3n) is 6.16. The van der Waals surface area contributed by atoms with Crippen molar-refractivity contribution in [2.75, 3.05) is 20.8 Å². The van der Waals surface area contributed by atoms with Crippen LogP contribution in [0.4, 0.5) is 0 Å². The lowest BCUT2D eigenvalue weighted by molar-refractivity contribution is -0.139. The minimum atomic E-state index is -0.772. The number of hydrogen-bond acceptors (Lipinski definition) is 7. The smallest absolute Gasteiger partial charge is 0.338 e. The molecule has 2 aromatic carbocycles. The van der Waals surface area contributed by atoms with Gasteiger partial charge in [0, 0.05) is 34.3 Å². The maximum Gasteiger partial charge on any atom is 0.338 e. The molecule has 8 nitrogen and oxygen atoms in total. The highest BCUT2D eigenvalue weighted by Gasteiger charge is 2.35. The number of aromatic nitrogens is 2. The Kier molecular flexibility index (Phi) is 6.24. The van der Waals surface area contributed by atoms with Crippen LogP contribution in [0.3, 0.4) is 0 Å². The van der Waals surface area contributed by atoms with E-state index in [0.717, 1.165) is 16.5 Å². The first-order chi connectivity index (χ1) is 17.5. The molecule has 1 atom stereocenters. The number of nitrogens with zero attached hydrogens (tertiary/aromatic N) is 2. The fourth-order valence-electron chi connectivity index (χ4n) is 4.48. The normalized spacial score (nSPS) is 15.6. The summed E-state index contributed by atoms with van der Waals surface area (Å²) < 4.78 is 18.4. The molecule has 0 amide bonds. The van der Waals surface area contributed by atoms with Crippen molar-refractivity contribution in [2.24, 2.45) is 4.99 Å². The first kappa shape index (κ1) is 23.6. The standard InChI is InChI=1S/C27H25N3O5S/c1-5-35-26(32)23-15(2)29-27-30(24(23)19-11-10-17(33-3)13-21(19)34-4)25(31)22(36-27)12-16-14-28-20-9-7-6-8-18(16)20/h6-14,24,28H,5H2,1-4H3/b22-12-/t24-/m0/s1. The van der Waals surface area contributed by atoms with E-state index in [1.165, 1.54) is 11.3 Å². The van der Waals surface area contributed by atoms with E-state index in [9.17, 15) is 9.59 Å². The zero-order chi connectivity index (χ0) is 25.4. The first-order valence-corrected chi connectivity index (χ1v) is 12.3. The number of thiazole rings is 1. The summed E-state index contributed by atoms with van der Waals surface area (Å²) >= 11 is 1.28. The van der Waals surface area contributed by atoms with E-state index >= 15 is 0 Å². The first-order valence-electron chi connectivity index (χ1n) is 11.4. The van der Waals surface area contributed by atoms with Crippen molar-refractivity contribution in [1.82, 2.24) is 9.55 Å². The number of hydrogen-bond donors (Lipinski definition) is 1. The zero-order valence-electron chi connectivity index (χ0n) is 20.3.